The van der Waals surface area contributed by atoms with E-state index in [9.17, 15) is 26.7 Å². The van der Waals surface area contributed by atoms with E-state index in [1.54, 1.807) is 27.7 Å². The Morgan fingerprint density at radius 1 is 0.885 bits per heavy atom. The summed E-state index contributed by atoms with van der Waals surface area (Å²) >= 11 is 0. The quantitative estimate of drug-likeness (QED) is 0.172. The Kier molecular flexibility index (Phi) is 8.60. The normalized spacial score (nSPS) is 12.2. The molecule has 0 aliphatic carbocycles. The number of amides is 1. The Morgan fingerprint density at radius 2 is 1.31 bits per heavy atom. The fourth-order valence-corrected chi connectivity index (χ4v) is 2.56. The highest BCUT2D eigenvalue weighted by atomic mass is 28.2. The van der Waals surface area contributed by atoms with Gasteiger partial charge in [-0.05, 0) is 27.7 Å². The van der Waals surface area contributed by atoms with E-state index in [1.807, 2.05) is 0 Å². The Labute approximate surface area is 149 Å². The first kappa shape index (κ1) is 22.5. The number of hydrogen-bond donors (Lipinski definition) is 1. The average molecular weight is 401 g/mol. The number of rotatable bonds is 9. The molecule has 1 rings (SSSR count). The highest BCUT2D eigenvalue weighted by Crippen LogP contribution is 2.22. The van der Waals surface area contributed by atoms with Crippen molar-refractivity contribution < 1.29 is 40.6 Å². The molecule has 0 aliphatic rings. The minimum atomic E-state index is -2.33. The van der Waals surface area contributed by atoms with Gasteiger partial charge in [-0.3, -0.25) is 4.79 Å². The number of carbonyl (C=O) groups is 1. The van der Waals surface area contributed by atoms with E-state index in [2.05, 4.69) is 5.32 Å². The first-order chi connectivity index (χ1) is 12.1. The standard InChI is InChI=1S/C15H20F5NO4Si/c1-6(2)23-15(24-7(3)4)25-26-5-21-14(22)8-9(16)11(18)13(20)12(19)10(8)17/h6-7,15H,5,26H2,1-4H3,(H,21,22). The van der Waals surface area contributed by atoms with Gasteiger partial charge in [0.1, 0.15) is 5.56 Å². The topological polar surface area (TPSA) is 56.8 Å². The Morgan fingerprint density at radius 3 is 1.73 bits per heavy atom. The molecule has 0 heterocycles. The molecule has 26 heavy (non-hydrogen) atoms. The van der Waals surface area contributed by atoms with Crippen LogP contribution in [0.5, 0.6) is 0 Å². The zero-order chi connectivity index (χ0) is 20.0. The maximum atomic E-state index is 13.5. The van der Waals surface area contributed by atoms with Crippen LogP contribution in [-0.2, 0) is 13.9 Å². The van der Waals surface area contributed by atoms with Crippen molar-refractivity contribution in [1.82, 2.24) is 5.32 Å². The number of ether oxygens (including phenoxy) is 2. The number of hydrogen-bond acceptors (Lipinski definition) is 4. The molecule has 1 N–H and O–H groups in total. The molecule has 11 heteroatoms. The van der Waals surface area contributed by atoms with Crippen molar-refractivity contribution in [1.29, 1.82) is 0 Å². The summed E-state index contributed by atoms with van der Waals surface area (Å²) in [7, 11) is -1.51. The smallest absolute Gasteiger partial charge is 0.262 e. The van der Waals surface area contributed by atoms with Crippen molar-refractivity contribution in [2.45, 2.75) is 46.4 Å². The second kappa shape index (κ2) is 9.95. The van der Waals surface area contributed by atoms with E-state index in [1.165, 1.54) is 0 Å². The Balaban J connectivity index is 2.67. The van der Waals surface area contributed by atoms with Crippen molar-refractivity contribution >= 4 is 15.7 Å². The fraction of sp³-hybridized carbons (Fsp3) is 0.533. The molecule has 0 atom stereocenters. The van der Waals surface area contributed by atoms with Crippen LogP contribution < -0.4 is 5.32 Å². The lowest BCUT2D eigenvalue weighted by Gasteiger charge is -2.23. The minimum absolute atomic E-state index is 0.141. The monoisotopic (exact) mass is 401 g/mol. The summed E-state index contributed by atoms with van der Waals surface area (Å²) in [6.07, 6.45) is -0.538. The highest BCUT2D eigenvalue weighted by Gasteiger charge is 2.29. The molecular formula is C15H20F5NO4Si. The van der Waals surface area contributed by atoms with Gasteiger partial charge in [-0.15, -0.1) is 0 Å². The summed E-state index contributed by atoms with van der Waals surface area (Å²) in [5.41, 5.74) is -1.54. The van der Waals surface area contributed by atoms with Crippen molar-refractivity contribution in [3.63, 3.8) is 0 Å². The summed E-state index contributed by atoms with van der Waals surface area (Å²) in [6.45, 7) is 6.05. The molecule has 0 spiro atoms. The summed E-state index contributed by atoms with van der Waals surface area (Å²) < 4.78 is 82.3. The van der Waals surface area contributed by atoms with Crippen molar-refractivity contribution in [2.75, 3.05) is 6.17 Å². The number of carbonyl (C=O) groups excluding carboxylic acids is 1. The summed E-state index contributed by atoms with van der Waals surface area (Å²) in [4.78, 5) is 11.8. The van der Waals surface area contributed by atoms with E-state index in [4.69, 9.17) is 13.9 Å². The number of benzene rings is 1. The molecule has 0 saturated carbocycles. The Hall–Kier alpha value is -1.56. The lowest BCUT2D eigenvalue weighted by Crippen LogP contribution is -2.35. The molecule has 0 fully saturated rings. The SMILES string of the molecule is CC(C)OC(O[SiH2]CNC(=O)c1c(F)c(F)c(F)c(F)c1F)OC(C)C. The molecule has 0 unspecified atom stereocenters. The van der Waals surface area contributed by atoms with Crippen LogP contribution in [0.1, 0.15) is 38.1 Å². The summed E-state index contributed by atoms with van der Waals surface area (Å²) in [6, 6.07) is 0. The molecule has 148 valence electrons. The molecule has 5 nitrogen and oxygen atoms in total. The van der Waals surface area contributed by atoms with Gasteiger partial charge in [-0.2, -0.15) is 0 Å². The van der Waals surface area contributed by atoms with Gasteiger partial charge in [-0.25, -0.2) is 22.0 Å². The van der Waals surface area contributed by atoms with Gasteiger partial charge in [0.2, 0.25) is 5.82 Å². The molecule has 1 aromatic carbocycles. The third-order valence-electron chi connectivity index (χ3n) is 2.84. The van der Waals surface area contributed by atoms with Crippen molar-refractivity contribution in [3.8, 4) is 0 Å². The molecule has 0 aliphatic heterocycles. The number of nitrogens with one attached hydrogen (secondary N) is 1. The second-order valence-corrected chi connectivity index (χ2v) is 6.97. The first-order valence-corrected chi connectivity index (χ1v) is 9.36. The van der Waals surface area contributed by atoms with Crippen LogP contribution >= 0.6 is 0 Å². The van der Waals surface area contributed by atoms with E-state index >= 15 is 0 Å². The van der Waals surface area contributed by atoms with Gasteiger partial charge in [0.05, 0.1) is 12.2 Å². The van der Waals surface area contributed by atoms with Crippen LogP contribution in [0.3, 0.4) is 0 Å². The van der Waals surface area contributed by atoms with Crippen LogP contribution in [-0.4, -0.2) is 40.5 Å². The van der Waals surface area contributed by atoms with Crippen LogP contribution in [0.2, 0.25) is 0 Å². The molecule has 1 aromatic rings. The molecule has 0 aromatic heterocycles. The van der Waals surface area contributed by atoms with Gasteiger partial charge in [0.25, 0.3) is 12.4 Å². The average Bonchev–Trinajstić information content (AvgIpc) is 2.54. The van der Waals surface area contributed by atoms with Gasteiger partial charge < -0.3 is 19.2 Å². The van der Waals surface area contributed by atoms with E-state index in [0.29, 0.717) is 0 Å². The number of halogens is 5. The van der Waals surface area contributed by atoms with Crippen molar-refractivity contribution in [3.05, 3.63) is 34.6 Å². The van der Waals surface area contributed by atoms with Crippen LogP contribution in [0, 0.1) is 29.1 Å². The van der Waals surface area contributed by atoms with Gasteiger partial charge in [-0.1, -0.05) is 0 Å². The zero-order valence-corrected chi connectivity index (χ0v) is 16.1. The summed E-state index contributed by atoms with van der Waals surface area (Å²) in [5, 5.41) is 2.07. The lowest BCUT2D eigenvalue weighted by molar-refractivity contribution is -0.275. The maximum absolute atomic E-state index is 13.5. The van der Waals surface area contributed by atoms with Gasteiger partial charge in [0, 0.05) is 6.17 Å². The van der Waals surface area contributed by atoms with E-state index in [0.717, 1.165) is 0 Å². The maximum Gasteiger partial charge on any atom is 0.262 e. The molecule has 0 bridgehead atoms. The van der Waals surface area contributed by atoms with Crippen LogP contribution in [0.15, 0.2) is 0 Å². The lowest BCUT2D eigenvalue weighted by atomic mass is 10.1. The van der Waals surface area contributed by atoms with Gasteiger partial charge >= 0.3 is 0 Å². The molecular weight excluding hydrogens is 381 g/mol. The van der Waals surface area contributed by atoms with E-state index < -0.39 is 56.8 Å². The molecule has 0 saturated heterocycles. The minimum Gasteiger partial charge on any atom is -0.377 e. The highest BCUT2D eigenvalue weighted by molar-refractivity contribution is 6.28. The third kappa shape index (κ3) is 6.00. The van der Waals surface area contributed by atoms with Crippen LogP contribution in [0.4, 0.5) is 22.0 Å². The molecule has 1 amide bonds. The van der Waals surface area contributed by atoms with Gasteiger partial charge in [0.15, 0.2) is 33.0 Å². The zero-order valence-electron chi connectivity index (χ0n) is 14.7. The third-order valence-corrected chi connectivity index (χ3v) is 3.81. The largest absolute Gasteiger partial charge is 0.377 e. The predicted molar refractivity (Wildman–Crippen MR) is 84.4 cm³/mol. The second-order valence-electron chi connectivity index (χ2n) is 5.73. The summed E-state index contributed by atoms with van der Waals surface area (Å²) in [5.74, 6) is -12.5. The first-order valence-electron chi connectivity index (χ1n) is 7.78. The molecule has 0 radical (unpaired) electrons. The van der Waals surface area contributed by atoms with E-state index in [-0.39, 0.29) is 18.4 Å². The fourth-order valence-electron chi connectivity index (χ4n) is 1.77. The Bertz CT molecular complexity index is 606. The van der Waals surface area contributed by atoms with Crippen LogP contribution in [0.25, 0.3) is 0 Å². The van der Waals surface area contributed by atoms with Crippen molar-refractivity contribution in [2.24, 2.45) is 0 Å². The predicted octanol–water partition coefficient (Wildman–Crippen LogP) is 2.30.